The monoisotopic (exact) mass is 485 g/mol. The van der Waals surface area contributed by atoms with Crippen LogP contribution in [0.1, 0.15) is 42.5 Å². The number of ether oxygens (including phenoxy) is 5. The highest BCUT2D eigenvalue weighted by molar-refractivity contribution is 5.89. The first kappa shape index (κ1) is 23.7. The highest BCUT2D eigenvalue weighted by atomic mass is 16.8. The Labute approximate surface area is 201 Å². The number of nitro groups is 1. The van der Waals surface area contributed by atoms with Gasteiger partial charge in [0.25, 0.3) is 5.69 Å². The van der Waals surface area contributed by atoms with E-state index in [0.29, 0.717) is 18.4 Å². The van der Waals surface area contributed by atoms with Crippen molar-refractivity contribution in [1.82, 2.24) is 0 Å². The maximum absolute atomic E-state index is 12.9. The summed E-state index contributed by atoms with van der Waals surface area (Å²) < 4.78 is 30.0. The van der Waals surface area contributed by atoms with E-state index in [2.05, 4.69) is 0 Å². The van der Waals surface area contributed by atoms with Gasteiger partial charge in [0.1, 0.15) is 18.0 Å². The van der Waals surface area contributed by atoms with Gasteiger partial charge >= 0.3 is 5.97 Å². The molecular weight excluding hydrogens is 458 g/mol. The molecule has 2 aromatic rings. The van der Waals surface area contributed by atoms with Crippen molar-refractivity contribution >= 4 is 11.7 Å². The number of fused-ring (bicyclic) bond motifs is 1. The molecule has 2 aliphatic heterocycles. The standard InChI is InChI=1S/C25H27NO9/c27-20-22(34-23(28)16-7-3-1-4-8-16)21-19(15-31-25(35-21)13-5-2-6-14-25)33-24(20)32-18-11-9-17(10-12-18)26(29)30/h1,3-4,7-12,19-22,24,27H,2,5-6,13-15H2/t19-,20+,21-,22-,24-/m1/s1. The lowest BCUT2D eigenvalue weighted by atomic mass is 9.90. The third-order valence-corrected chi connectivity index (χ3v) is 6.64. The summed E-state index contributed by atoms with van der Waals surface area (Å²) in [5.74, 6) is -1.13. The minimum atomic E-state index is -1.38. The molecule has 10 heteroatoms. The first-order chi connectivity index (χ1) is 16.9. The van der Waals surface area contributed by atoms with Crippen molar-refractivity contribution in [3.05, 3.63) is 70.3 Å². The van der Waals surface area contributed by atoms with Crippen molar-refractivity contribution in [3.63, 3.8) is 0 Å². The normalized spacial score (nSPS) is 29.7. The quantitative estimate of drug-likeness (QED) is 0.385. The van der Waals surface area contributed by atoms with Gasteiger partial charge in [0.15, 0.2) is 18.0 Å². The molecule has 0 unspecified atom stereocenters. The number of hydrogen-bond donors (Lipinski definition) is 1. The zero-order valence-electron chi connectivity index (χ0n) is 19.0. The number of hydrogen-bond acceptors (Lipinski definition) is 9. The lowest BCUT2D eigenvalue weighted by Gasteiger charge is -2.52. The Bertz CT molecular complexity index is 1040. The van der Waals surface area contributed by atoms with Gasteiger partial charge in [-0.15, -0.1) is 0 Å². The maximum atomic E-state index is 12.9. The summed E-state index contributed by atoms with van der Waals surface area (Å²) >= 11 is 0. The number of aliphatic hydroxyl groups excluding tert-OH is 1. The molecule has 186 valence electrons. The van der Waals surface area contributed by atoms with Crippen LogP contribution in [0.5, 0.6) is 5.75 Å². The molecule has 1 saturated carbocycles. The minimum absolute atomic E-state index is 0.0935. The van der Waals surface area contributed by atoms with Gasteiger partial charge in [-0.25, -0.2) is 4.79 Å². The van der Waals surface area contributed by atoms with Crippen LogP contribution in [0, 0.1) is 10.1 Å². The van der Waals surface area contributed by atoms with E-state index >= 15 is 0 Å². The van der Waals surface area contributed by atoms with Crippen molar-refractivity contribution in [1.29, 1.82) is 0 Å². The number of nitro benzene ring substituents is 1. The predicted octanol–water partition coefficient (Wildman–Crippen LogP) is 3.36. The van der Waals surface area contributed by atoms with Crippen LogP contribution in [0.3, 0.4) is 0 Å². The van der Waals surface area contributed by atoms with Crippen LogP contribution in [-0.2, 0) is 18.9 Å². The summed E-state index contributed by atoms with van der Waals surface area (Å²) in [6, 6.07) is 13.9. The second kappa shape index (κ2) is 9.90. The summed E-state index contributed by atoms with van der Waals surface area (Å²) in [6.45, 7) is 0.191. The van der Waals surface area contributed by atoms with Crippen LogP contribution in [0.15, 0.2) is 54.6 Å². The average Bonchev–Trinajstić information content (AvgIpc) is 2.88. The Hall–Kier alpha value is -3.05. The molecule has 5 rings (SSSR count). The van der Waals surface area contributed by atoms with Gasteiger partial charge in [0.2, 0.25) is 6.29 Å². The van der Waals surface area contributed by atoms with Crippen molar-refractivity contribution in [2.45, 2.75) is 68.6 Å². The van der Waals surface area contributed by atoms with Gasteiger partial charge in [-0.1, -0.05) is 24.6 Å². The molecule has 2 saturated heterocycles. The molecule has 2 heterocycles. The molecule has 35 heavy (non-hydrogen) atoms. The zero-order chi connectivity index (χ0) is 24.4. The van der Waals surface area contributed by atoms with Crippen molar-refractivity contribution in [2.75, 3.05) is 6.61 Å². The lowest BCUT2D eigenvalue weighted by Crippen LogP contribution is -2.67. The average molecular weight is 485 g/mol. The SMILES string of the molecule is O=C(O[C@@H]1[C@H](O)[C@H](Oc2ccc([N+](=O)[O-])cc2)O[C@@H]2COC3(CCCCC3)O[C@@H]12)c1ccccc1. The van der Waals surface area contributed by atoms with Crippen LogP contribution >= 0.6 is 0 Å². The number of carbonyl (C=O) groups is 1. The molecule has 0 radical (unpaired) electrons. The minimum Gasteiger partial charge on any atom is -0.462 e. The molecule has 0 amide bonds. The summed E-state index contributed by atoms with van der Waals surface area (Å²) in [4.78, 5) is 23.3. The second-order valence-electron chi connectivity index (χ2n) is 9.00. The van der Waals surface area contributed by atoms with Gasteiger partial charge in [0.05, 0.1) is 17.1 Å². The van der Waals surface area contributed by atoms with Crippen molar-refractivity contribution in [3.8, 4) is 5.75 Å². The van der Waals surface area contributed by atoms with Crippen LogP contribution in [0.2, 0.25) is 0 Å². The number of nitrogens with zero attached hydrogens (tertiary/aromatic N) is 1. The van der Waals surface area contributed by atoms with Crippen LogP contribution in [-0.4, -0.2) is 59.1 Å². The number of benzene rings is 2. The number of rotatable bonds is 5. The lowest BCUT2D eigenvalue weighted by molar-refractivity contribution is -0.388. The Kier molecular flexibility index (Phi) is 6.70. The second-order valence-corrected chi connectivity index (χ2v) is 9.00. The third-order valence-electron chi connectivity index (χ3n) is 6.64. The summed E-state index contributed by atoms with van der Waals surface area (Å²) in [5.41, 5.74) is 0.249. The third kappa shape index (κ3) is 5.01. The van der Waals surface area contributed by atoms with E-state index in [1.165, 1.54) is 24.3 Å². The molecule has 0 aromatic heterocycles. The Morgan fingerprint density at radius 3 is 2.46 bits per heavy atom. The van der Waals surface area contributed by atoms with Gasteiger partial charge in [-0.05, 0) is 37.1 Å². The molecule has 0 bridgehead atoms. The smallest absolute Gasteiger partial charge is 0.338 e. The fraction of sp³-hybridized carbons (Fsp3) is 0.480. The highest BCUT2D eigenvalue weighted by Crippen LogP contribution is 2.41. The molecular formula is C25H27NO9. The number of carbonyl (C=O) groups excluding carboxylic acids is 1. The summed E-state index contributed by atoms with van der Waals surface area (Å²) in [7, 11) is 0. The van der Waals surface area contributed by atoms with Crippen LogP contribution in [0.4, 0.5) is 5.69 Å². The molecule has 2 aromatic carbocycles. The van der Waals surface area contributed by atoms with Crippen molar-refractivity contribution < 1.29 is 38.5 Å². The molecule has 3 aliphatic rings. The molecule has 3 fully saturated rings. The first-order valence-corrected chi connectivity index (χ1v) is 11.8. The fourth-order valence-electron chi connectivity index (χ4n) is 4.82. The summed E-state index contributed by atoms with van der Waals surface area (Å²) in [5, 5.41) is 22.1. The molecule has 1 N–H and O–H groups in total. The molecule has 1 aliphatic carbocycles. The van der Waals surface area contributed by atoms with E-state index in [1.807, 2.05) is 0 Å². The van der Waals surface area contributed by atoms with E-state index in [-0.39, 0.29) is 18.0 Å². The van der Waals surface area contributed by atoms with Gasteiger partial charge in [-0.3, -0.25) is 10.1 Å². The Balaban J connectivity index is 1.38. The van der Waals surface area contributed by atoms with E-state index in [0.717, 1.165) is 19.3 Å². The van der Waals surface area contributed by atoms with Crippen LogP contribution < -0.4 is 4.74 Å². The largest absolute Gasteiger partial charge is 0.462 e. The molecule has 1 spiro atoms. The predicted molar refractivity (Wildman–Crippen MR) is 121 cm³/mol. The van der Waals surface area contributed by atoms with Crippen molar-refractivity contribution in [2.24, 2.45) is 0 Å². The van der Waals surface area contributed by atoms with E-state index in [1.54, 1.807) is 30.3 Å². The fourth-order valence-corrected chi connectivity index (χ4v) is 4.82. The molecule has 5 atom stereocenters. The first-order valence-electron chi connectivity index (χ1n) is 11.8. The number of aliphatic hydroxyl groups is 1. The van der Waals surface area contributed by atoms with E-state index in [4.69, 9.17) is 23.7 Å². The highest BCUT2D eigenvalue weighted by Gasteiger charge is 2.55. The van der Waals surface area contributed by atoms with E-state index in [9.17, 15) is 20.0 Å². The van der Waals surface area contributed by atoms with Gasteiger partial charge in [0, 0.05) is 25.0 Å². The topological polar surface area (TPSA) is 127 Å². The number of esters is 1. The van der Waals surface area contributed by atoms with Crippen LogP contribution in [0.25, 0.3) is 0 Å². The van der Waals surface area contributed by atoms with Gasteiger partial charge in [-0.2, -0.15) is 0 Å². The summed E-state index contributed by atoms with van der Waals surface area (Å²) in [6.07, 6.45) is -0.614. The van der Waals surface area contributed by atoms with Gasteiger partial charge < -0.3 is 28.8 Å². The zero-order valence-corrected chi connectivity index (χ0v) is 19.0. The molecule has 10 nitrogen and oxygen atoms in total. The number of non-ortho nitro benzene ring substituents is 1. The van der Waals surface area contributed by atoms with E-state index < -0.39 is 47.4 Å². The Morgan fingerprint density at radius 1 is 1.06 bits per heavy atom. The maximum Gasteiger partial charge on any atom is 0.338 e. The Morgan fingerprint density at radius 2 is 1.77 bits per heavy atom.